The van der Waals surface area contributed by atoms with Gasteiger partial charge >= 0.3 is 12.6 Å². The molecule has 1 saturated heterocycles. The predicted molar refractivity (Wildman–Crippen MR) is 95.5 cm³/mol. The summed E-state index contributed by atoms with van der Waals surface area (Å²) in [5.41, 5.74) is 4.67. The van der Waals surface area contributed by atoms with Gasteiger partial charge < -0.3 is 20.7 Å². The van der Waals surface area contributed by atoms with Gasteiger partial charge in [0, 0.05) is 19.0 Å². The molecule has 6 nitrogen and oxygen atoms in total. The Morgan fingerprint density at radius 3 is 2.68 bits per heavy atom. The maximum Gasteiger partial charge on any atom is 0.345 e. The van der Waals surface area contributed by atoms with Crippen molar-refractivity contribution in [2.45, 2.75) is 43.9 Å². The summed E-state index contributed by atoms with van der Waals surface area (Å²) < 4.78 is 43.2. The zero-order chi connectivity index (χ0) is 20.6. The molecule has 1 saturated carbocycles. The van der Waals surface area contributed by atoms with Gasteiger partial charge in [-0.25, -0.2) is 9.18 Å². The number of halogens is 4. The number of piperazine rings is 1. The molecule has 28 heavy (non-hydrogen) atoms. The lowest BCUT2D eigenvalue weighted by Crippen LogP contribution is -2.69. The number of alkyl halides is 2. The number of rotatable bonds is 5. The number of amides is 3. The lowest BCUT2D eigenvalue weighted by molar-refractivity contribution is -0.196. The Kier molecular flexibility index (Phi) is 5.77. The molecule has 1 aromatic carbocycles. The Morgan fingerprint density at radius 1 is 1.43 bits per heavy atom. The van der Waals surface area contributed by atoms with E-state index in [4.69, 9.17) is 17.3 Å². The van der Waals surface area contributed by atoms with E-state index in [1.54, 1.807) is 6.92 Å². The van der Waals surface area contributed by atoms with E-state index >= 15 is 0 Å². The van der Waals surface area contributed by atoms with E-state index < -0.39 is 41.9 Å². The molecule has 3 N–H and O–H groups in total. The molecule has 154 valence electrons. The van der Waals surface area contributed by atoms with E-state index in [2.05, 4.69) is 10.1 Å². The number of nitrogens with two attached hydrogens (primary N) is 1. The molecular formula is C18H21ClF3N3O3. The molecule has 2 fully saturated rings. The number of carbonyl (C=O) groups is 2. The average Bonchev–Trinajstić information content (AvgIpc) is 2.57. The summed E-state index contributed by atoms with van der Waals surface area (Å²) in [5, 5.41) is 2.60. The molecular weight excluding hydrogens is 399 g/mol. The van der Waals surface area contributed by atoms with Gasteiger partial charge in [0.15, 0.2) is 0 Å². The van der Waals surface area contributed by atoms with E-state index in [-0.39, 0.29) is 36.9 Å². The largest absolute Gasteiger partial charge is 0.352 e. The second kappa shape index (κ2) is 7.79. The lowest BCUT2D eigenvalue weighted by atomic mass is 9.62. The van der Waals surface area contributed by atoms with E-state index in [0.717, 1.165) is 0 Å². The van der Waals surface area contributed by atoms with Crippen LogP contribution in [0.4, 0.5) is 18.0 Å². The van der Waals surface area contributed by atoms with Gasteiger partial charge in [-0.15, -0.1) is 0 Å². The van der Waals surface area contributed by atoms with Crippen molar-refractivity contribution in [3.05, 3.63) is 34.6 Å². The summed E-state index contributed by atoms with van der Waals surface area (Å²) in [6, 6.07) is 3.29. The highest BCUT2D eigenvalue weighted by Crippen LogP contribution is 2.49. The van der Waals surface area contributed by atoms with Gasteiger partial charge in [0.25, 0.3) is 0 Å². The van der Waals surface area contributed by atoms with Gasteiger partial charge in [0.1, 0.15) is 11.4 Å². The van der Waals surface area contributed by atoms with Crippen molar-refractivity contribution in [1.82, 2.24) is 10.2 Å². The van der Waals surface area contributed by atoms with Crippen LogP contribution in [0.15, 0.2) is 18.2 Å². The van der Waals surface area contributed by atoms with Gasteiger partial charge in [-0.3, -0.25) is 4.79 Å². The normalized spacial score (nSPS) is 28.6. The minimum absolute atomic E-state index is 0.132. The quantitative estimate of drug-likeness (QED) is 0.769. The van der Waals surface area contributed by atoms with Crippen molar-refractivity contribution in [3.63, 3.8) is 0 Å². The maximum absolute atomic E-state index is 13.7. The van der Waals surface area contributed by atoms with Crippen LogP contribution in [0.3, 0.4) is 0 Å². The summed E-state index contributed by atoms with van der Waals surface area (Å²) in [5.74, 6) is -1.93. The monoisotopic (exact) mass is 419 g/mol. The minimum Gasteiger partial charge on any atom is -0.352 e. The molecule has 1 aliphatic heterocycles. The van der Waals surface area contributed by atoms with Crippen LogP contribution in [0.2, 0.25) is 5.02 Å². The van der Waals surface area contributed by atoms with Gasteiger partial charge in [-0.1, -0.05) is 17.7 Å². The molecule has 3 rings (SSSR count). The number of hydrogen-bond donors (Lipinski definition) is 2. The lowest BCUT2D eigenvalue weighted by Gasteiger charge is -2.52. The third-order valence-electron chi connectivity index (χ3n) is 5.71. The van der Waals surface area contributed by atoms with Crippen LogP contribution in [0, 0.1) is 11.7 Å². The van der Waals surface area contributed by atoms with Crippen molar-refractivity contribution in [1.29, 1.82) is 0 Å². The Labute approximate surface area is 165 Å². The van der Waals surface area contributed by atoms with Crippen LogP contribution in [0.25, 0.3) is 0 Å². The van der Waals surface area contributed by atoms with Gasteiger partial charge in [0.2, 0.25) is 5.91 Å². The number of primary amides is 1. The van der Waals surface area contributed by atoms with Crippen LogP contribution in [0.5, 0.6) is 0 Å². The van der Waals surface area contributed by atoms with Gasteiger partial charge in [-0.05, 0) is 43.4 Å². The smallest absolute Gasteiger partial charge is 0.345 e. The highest BCUT2D eigenvalue weighted by Gasteiger charge is 2.55. The number of nitrogens with one attached hydrogen (secondary N) is 1. The molecule has 1 unspecified atom stereocenters. The van der Waals surface area contributed by atoms with Gasteiger partial charge in [0.05, 0.1) is 11.1 Å². The third kappa shape index (κ3) is 3.65. The van der Waals surface area contributed by atoms with E-state index in [0.29, 0.717) is 5.56 Å². The van der Waals surface area contributed by atoms with E-state index in [1.165, 1.54) is 23.1 Å². The first-order valence-electron chi connectivity index (χ1n) is 8.88. The molecule has 0 aromatic heterocycles. The molecule has 1 heterocycles. The third-order valence-corrected chi connectivity index (χ3v) is 6.00. The van der Waals surface area contributed by atoms with Crippen molar-refractivity contribution < 1.29 is 27.5 Å². The Bertz CT molecular complexity index is 776. The van der Waals surface area contributed by atoms with Gasteiger partial charge in [-0.2, -0.15) is 8.78 Å². The molecule has 2 aliphatic rings. The van der Waals surface area contributed by atoms with Crippen molar-refractivity contribution in [2.75, 3.05) is 13.1 Å². The maximum atomic E-state index is 13.7. The Morgan fingerprint density at radius 2 is 2.11 bits per heavy atom. The van der Waals surface area contributed by atoms with E-state index in [1.807, 2.05) is 0 Å². The first kappa shape index (κ1) is 20.7. The number of hydrogen-bond acceptors (Lipinski definition) is 3. The fraction of sp³-hybridized carbons (Fsp3) is 0.556. The van der Waals surface area contributed by atoms with Crippen molar-refractivity contribution in [2.24, 2.45) is 11.7 Å². The molecule has 0 radical (unpaired) electrons. The van der Waals surface area contributed by atoms with Crippen molar-refractivity contribution in [3.8, 4) is 0 Å². The molecule has 1 aliphatic carbocycles. The summed E-state index contributed by atoms with van der Waals surface area (Å²) in [4.78, 5) is 26.2. The first-order valence-corrected chi connectivity index (χ1v) is 9.26. The topological polar surface area (TPSA) is 84.7 Å². The zero-order valence-corrected chi connectivity index (χ0v) is 15.9. The number of ether oxygens (including phenoxy) is 1. The predicted octanol–water partition coefficient (Wildman–Crippen LogP) is 2.85. The molecule has 0 bridgehead atoms. The Balaban J connectivity index is 2.01. The second-order valence-corrected chi connectivity index (χ2v) is 7.70. The molecule has 0 spiro atoms. The highest BCUT2D eigenvalue weighted by atomic mass is 35.5. The van der Waals surface area contributed by atoms with Crippen LogP contribution in [0.1, 0.15) is 31.2 Å². The molecule has 1 aromatic rings. The summed E-state index contributed by atoms with van der Waals surface area (Å²) in [7, 11) is 0. The number of carbonyl (C=O) groups excluding carboxylic acids is 2. The summed E-state index contributed by atoms with van der Waals surface area (Å²) >= 11 is 5.94. The summed E-state index contributed by atoms with van der Waals surface area (Å²) in [6.07, 6.45) is -0.125. The number of benzene rings is 1. The van der Waals surface area contributed by atoms with Crippen molar-refractivity contribution >= 4 is 23.5 Å². The number of urea groups is 1. The zero-order valence-electron chi connectivity index (χ0n) is 15.1. The highest BCUT2D eigenvalue weighted by molar-refractivity contribution is 6.30. The second-order valence-electron chi connectivity index (χ2n) is 7.29. The van der Waals surface area contributed by atoms with Crippen LogP contribution < -0.4 is 11.1 Å². The standard InChI is InChI=1S/C18H21ClF3N3O3/c1-18(15(26)24-4-5-25(18)17(23)27)14(9-2-3-13(20)12(19)8-9)10-6-11(7-10)28-16(21)22/h2-3,8,10-11,14,16H,4-7H2,1H3,(H2,23,27)(H,24,26)/t10?,11?,14-,18?/m1/s1. The molecule has 10 heteroatoms. The summed E-state index contributed by atoms with van der Waals surface area (Å²) in [6.45, 7) is -0.863. The Hall–Kier alpha value is -2.00. The average molecular weight is 420 g/mol. The fourth-order valence-electron chi connectivity index (χ4n) is 4.36. The SMILES string of the molecule is CC1([C@H](c2ccc(F)c(Cl)c2)C2CC(OC(F)F)C2)C(=O)NCCN1C(N)=O. The minimum atomic E-state index is -2.89. The number of nitrogens with zero attached hydrogens (tertiary/aromatic N) is 1. The van der Waals surface area contributed by atoms with E-state index in [9.17, 15) is 22.8 Å². The van der Waals surface area contributed by atoms with Crippen LogP contribution >= 0.6 is 11.6 Å². The first-order chi connectivity index (χ1) is 13.1. The fourth-order valence-corrected chi connectivity index (χ4v) is 4.55. The molecule has 2 atom stereocenters. The van der Waals surface area contributed by atoms with Crippen LogP contribution in [-0.4, -0.2) is 48.2 Å². The van der Waals surface area contributed by atoms with Crippen LogP contribution in [-0.2, 0) is 9.53 Å². The molecule has 3 amide bonds.